The van der Waals surface area contributed by atoms with E-state index in [1.165, 1.54) is 23.1 Å². The predicted molar refractivity (Wildman–Crippen MR) is 140 cm³/mol. The molecular weight excluding hydrogens is 504 g/mol. The Balaban J connectivity index is 1.32. The third kappa shape index (κ3) is 6.68. The van der Waals surface area contributed by atoms with Crippen LogP contribution in [0.15, 0.2) is 65.1 Å². The van der Waals surface area contributed by atoms with E-state index in [4.69, 9.17) is 11.6 Å². The van der Waals surface area contributed by atoms with Crippen molar-refractivity contribution in [1.29, 1.82) is 0 Å². The SMILES string of the molecule is CC(C)C(NC(=O)c1ccccc1)c1nc(SCC(=O)Nc2nc(-c3ccc(Cl)cc3)cs2)n[nH]1. The van der Waals surface area contributed by atoms with Gasteiger partial charge in [0.05, 0.1) is 17.5 Å². The molecule has 2 heterocycles. The van der Waals surface area contributed by atoms with Crippen LogP contribution in [0.5, 0.6) is 0 Å². The molecule has 180 valence electrons. The van der Waals surface area contributed by atoms with Crippen molar-refractivity contribution < 1.29 is 9.59 Å². The fraction of sp³-hybridized carbons (Fsp3) is 0.208. The maximum atomic E-state index is 12.6. The molecule has 4 aromatic rings. The highest BCUT2D eigenvalue weighted by Crippen LogP contribution is 2.26. The number of nitrogens with zero attached hydrogens (tertiary/aromatic N) is 3. The summed E-state index contributed by atoms with van der Waals surface area (Å²) >= 11 is 8.48. The van der Waals surface area contributed by atoms with Crippen LogP contribution in [0.25, 0.3) is 11.3 Å². The minimum Gasteiger partial charge on any atom is -0.342 e. The van der Waals surface area contributed by atoms with Gasteiger partial charge in [-0.3, -0.25) is 14.7 Å². The smallest absolute Gasteiger partial charge is 0.251 e. The standard InChI is InChI=1S/C24H23ClN6O2S2/c1-14(2)20(28-22(33)16-6-4-3-5-7-16)21-29-24(31-30-21)35-13-19(32)27-23-26-18(12-34-23)15-8-10-17(25)11-9-15/h3-12,14,20H,13H2,1-2H3,(H,28,33)(H,26,27,32)(H,29,30,31). The average molecular weight is 527 g/mol. The van der Waals surface area contributed by atoms with Gasteiger partial charge in [0.25, 0.3) is 5.91 Å². The molecule has 0 aliphatic rings. The van der Waals surface area contributed by atoms with Crippen LogP contribution in [0.3, 0.4) is 0 Å². The summed E-state index contributed by atoms with van der Waals surface area (Å²) in [7, 11) is 0. The summed E-state index contributed by atoms with van der Waals surface area (Å²) in [5.41, 5.74) is 2.27. The number of benzene rings is 2. The lowest BCUT2D eigenvalue weighted by Crippen LogP contribution is -2.32. The minimum atomic E-state index is -0.347. The molecule has 2 amide bonds. The van der Waals surface area contributed by atoms with E-state index >= 15 is 0 Å². The molecule has 0 saturated carbocycles. The van der Waals surface area contributed by atoms with Gasteiger partial charge in [-0.15, -0.1) is 16.4 Å². The molecule has 0 radical (unpaired) electrons. The van der Waals surface area contributed by atoms with Crippen molar-refractivity contribution in [2.75, 3.05) is 11.1 Å². The van der Waals surface area contributed by atoms with Gasteiger partial charge in [0.1, 0.15) is 5.82 Å². The number of hydrogen-bond acceptors (Lipinski definition) is 7. The molecule has 0 bridgehead atoms. The molecule has 0 aliphatic carbocycles. The fourth-order valence-electron chi connectivity index (χ4n) is 3.20. The van der Waals surface area contributed by atoms with Gasteiger partial charge in [-0.25, -0.2) is 9.97 Å². The Kier molecular flexibility index (Phi) is 8.17. The van der Waals surface area contributed by atoms with Crippen molar-refractivity contribution in [2.24, 2.45) is 5.92 Å². The molecule has 1 atom stereocenters. The number of carbonyl (C=O) groups excluding carboxylic acids is 2. The van der Waals surface area contributed by atoms with Crippen molar-refractivity contribution in [3.05, 3.63) is 76.4 Å². The lowest BCUT2D eigenvalue weighted by molar-refractivity contribution is -0.113. The van der Waals surface area contributed by atoms with Gasteiger partial charge in [-0.2, -0.15) is 0 Å². The number of halogens is 1. The Morgan fingerprint density at radius 2 is 1.83 bits per heavy atom. The quantitative estimate of drug-likeness (QED) is 0.250. The van der Waals surface area contributed by atoms with Gasteiger partial charge in [0, 0.05) is 21.5 Å². The van der Waals surface area contributed by atoms with Gasteiger partial charge in [0.2, 0.25) is 11.1 Å². The van der Waals surface area contributed by atoms with Crippen molar-refractivity contribution in [3.63, 3.8) is 0 Å². The predicted octanol–water partition coefficient (Wildman–Crippen LogP) is 5.44. The van der Waals surface area contributed by atoms with Crippen molar-refractivity contribution in [2.45, 2.75) is 25.0 Å². The first-order valence-electron chi connectivity index (χ1n) is 10.8. The number of rotatable bonds is 9. The Hall–Kier alpha value is -3.21. The van der Waals surface area contributed by atoms with Gasteiger partial charge in [0.15, 0.2) is 5.13 Å². The summed E-state index contributed by atoms with van der Waals surface area (Å²) < 4.78 is 0. The van der Waals surface area contributed by atoms with Crippen molar-refractivity contribution >= 4 is 51.6 Å². The lowest BCUT2D eigenvalue weighted by Gasteiger charge is -2.19. The van der Waals surface area contributed by atoms with Crippen LogP contribution in [-0.2, 0) is 4.79 Å². The molecule has 0 fully saturated rings. The number of H-pyrrole nitrogens is 1. The summed E-state index contributed by atoms with van der Waals surface area (Å²) in [6.45, 7) is 3.98. The zero-order valence-corrected chi connectivity index (χ0v) is 21.4. The second-order valence-electron chi connectivity index (χ2n) is 7.95. The van der Waals surface area contributed by atoms with Crippen LogP contribution in [0, 0.1) is 5.92 Å². The zero-order chi connectivity index (χ0) is 24.8. The zero-order valence-electron chi connectivity index (χ0n) is 19.0. The van der Waals surface area contributed by atoms with E-state index in [1.807, 2.05) is 49.6 Å². The number of hydrogen-bond donors (Lipinski definition) is 3. The van der Waals surface area contributed by atoms with E-state index < -0.39 is 0 Å². The molecule has 0 spiro atoms. The highest BCUT2D eigenvalue weighted by Gasteiger charge is 2.23. The first-order valence-corrected chi connectivity index (χ1v) is 13.1. The van der Waals surface area contributed by atoms with Crippen LogP contribution >= 0.6 is 34.7 Å². The number of aromatic nitrogens is 4. The Morgan fingerprint density at radius 3 is 2.54 bits per heavy atom. The molecule has 11 heteroatoms. The van der Waals surface area contributed by atoms with Crippen molar-refractivity contribution in [1.82, 2.24) is 25.5 Å². The molecule has 35 heavy (non-hydrogen) atoms. The second-order valence-corrected chi connectivity index (χ2v) is 10.2. The fourth-order valence-corrected chi connectivity index (χ4v) is 4.66. The van der Waals surface area contributed by atoms with Crippen LogP contribution in [0.1, 0.15) is 36.1 Å². The molecule has 2 aromatic carbocycles. The summed E-state index contributed by atoms with van der Waals surface area (Å²) in [5.74, 6) is 0.346. The molecule has 0 aliphatic heterocycles. The third-order valence-corrected chi connectivity index (χ3v) is 6.85. The normalized spacial score (nSPS) is 11.9. The summed E-state index contributed by atoms with van der Waals surface area (Å²) in [4.78, 5) is 34.0. The van der Waals surface area contributed by atoms with E-state index in [-0.39, 0.29) is 29.5 Å². The van der Waals surface area contributed by atoms with E-state index in [0.29, 0.717) is 26.7 Å². The molecule has 3 N–H and O–H groups in total. The third-order valence-electron chi connectivity index (χ3n) is 4.99. The van der Waals surface area contributed by atoms with E-state index in [1.54, 1.807) is 24.3 Å². The Morgan fingerprint density at radius 1 is 1.09 bits per heavy atom. The Labute approximate surface area is 215 Å². The molecule has 1 unspecified atom stereocenters. The molecular formula is C24H23ClN6O2S2. The monoisotopic (exact) mass is 526 g/mol. The van der Waals surface area contributed by atoms with Crippen molar-refractivity contribution in [3.8, 4) is 11.3 Å². The number of anilines is 1. The number of aromatic amines is 1. The van der Waals surface area contributed by atoms with Crippen LogP contribution in [0.2, 0.25) is 5.02 Å². The number of nitrogens with one attached hydrogen (secondary N) is 3. The number of thioether (sulfide) groups is 1. The highest BCUT2D eigenvalue weighted by molar-refractivity contribution is 7.99. The molecule has 8 nitrogen and oxygen atoms in total. The second kappa shape index (κ2) is 11.5. The average Bonchev–Trinajstić information content (AvgIpc) is 3.52. The van der Waals surface area contributed by atoms with Crippen LogP contribution in [0.4, 0.5) is 5.13 Å². The number of carbonyl (C=O) groups is 2. The minimum absolute atomic E-state index is 0.0801. The van der Waals surface area contributed by atoms with Gasteiger partial charge in [-0.05, 0) is 30.2 Å². The summed E-state index contributed by atoms with van der Waals surface area (Å²) in [6, 6.07) is 16.0. The number of thiazole rings is 1. The summed E-state index contributed by atoms with van der Waals surface area (Å²) in [5, 5.41) is 16.4. The maximum absolute atomic E-state index is 12.6. The number of amides is 2. The topological polar surface area (TPSA) is 113 Å². The highest BCUT2D eigenvalue weighted by atomic mass is 35.5. The maximum Gasteiger partial charge on any atom is 0.251 e. The Bertz CT molecular complexity index is 1290. The van der Waals surface area contributed by atoms with E-state index in [9.17, 15) is 9.59 Å². The van der Waals surface area contributed by atoms with E-state index in [2.05, 4.69) is 30.8 Å². The van der Waals surface area contributed by atoms with E-state index in [0.717, 1.165) is 11.3 Å². The molecule has 4 rings (SSSR count). The molecule has 0 saturated heterocycles. The molecule has 2 aromatic heterocycles. The largest absolute Gasteiger partial charge is 0.342 e. The van der Waals surface area contributed by atoms with Crippen LogP contribution < -0.4 is 10.6 Å². The first kappa shape index (κ1) is 24.9. The van der Waals surface area contributed by atoms with Gasteiger partial charge < -0.3 is 10.6 Å². The first-order chi connectivity index (χ1) is 16.9. The van der Waals surface area contributed by atoms with Crippen LogP contribution in [-0.4, -0.2) is 37.7 Å². The van der Waals surface area contributed by atoms with Gasteiger partial charge in [-0.1, -0.05) is 67.5 Å². The summed E-state index contributed by atoms with van der Waals surface area (Å²) in [6.07, 6.45) is 0. The van der Waals surface area contributed by atoms with Gasteiger partial charge >= 0.3 is 0 Å². The lowest BCUT2D eigenvalue weighted by atomic mass is 10.0.